The molecule has 7 heteroatoms. The Hall–Kier alpha value is -2.31. The second kappa shape index (κ2) is 6.90. The lowest BCUT2D eigenvalue weighted by atomic mass is 10.2. The highest BCUT2D eigenvalue weighted by Gasteiger charge is 2.32. The van der Waals surface area contributed by atoms with E-state index < -0.39 is 0 Å². The molecule has 1 aliphatic rings. The fourth-order valence-electron chi connectivity index (χ4n) is 2.56. The Labute approximate surface area is 153 Å². The molecule has 25 heavy (non-hydrogen) atoms. The van der Waals surface area contributed by atoms with Crippen LogP contribution < -0.4 is 9.64 Å². The Bertz CT molecular complexity index is 858. The fourth-order valence-corrected chi connectivity index (χ4v) is 3.67. The lowest BCUT2D eigenvalue weighted by molar-refractivity contribution is -0.152. The molecule has 1 fully saturated rings. The first-order chi connectivity index (χ1) is 12.2. The molecule has 0 bridgehead atoms. The molecule has 1 aromatic heterocycles. The standard InChI is InChI=1S/C18H15ClN2O3S/c19-12-5-7-13(8-6-12)23-11-17(22)24-14-9-21(10-14)18-20-15-3-1-2-4-16(15)25-18/h1-8,14H,9-11H2. The van der Waals surface area contributed by atoms with Crippen LogP contribution in [0.15, 0.2) is 48.5 Å². The van der Waals surface area contributed by atoms with Gasteiger partial charge in [-0.3, -0.25) is 0 Å². The molecule has 0 saturated carbocycles. The van der Waals surface area contributed by atoms with Crippen LogP contribution in [0.2, 0.25) is 5.02 Å². The van der Waals surface area contributed by atoms with Gasteiger partial charge in [-0.2, -0.15) is 0 Å². The predicted molar refractivity (Wildman–Crippen MR) is 98.7 cm³/mol. The monoisotopic (exact) mass is 374 g/mol. The summed E-state index contributed by atoms with van der Waals surface area (Å²) in [5.74, 6) is 0.218. The molecule has 0 spiro atoms. The van der Waals surface area contributed by atoms with E-state index in [9.17, 15) is 4.79 Å². The number of rotatable bonds is 5. The molecular weight excluding hydrogens is 360 g/mol. The van der Waals surface area contributed by atoms with Crippen molar-refractivity contribution in [3.8, 4) is 5.75 Å². The van der Waals surface area contributed by atoms with Gasteiger partial charge in [0.1, 0.15) is 11.9 Å². The largest absolute Gasteiger partial charge is 0.482 e. The van der Waals surface area contributed by atoms with E-state index in [-0.39, 0.29) is 18.7 Å². The molecule has 0 amide bonds. The van der Waals surface area contributed by atoms with Gasteiger partial charge >= 0.3 is 5.97 Å². The average molecular weight is 375 g/mol. The second-order valence-corrected chi connectivity index (χ2v) is 7.17. The number of fused-ring (bicyclic) bond motifs is 1. The first-order valence-electron chi connectivity index (χ1n) is 7.86. The maximum Gasteiger partial charge on any atom is 0.344 e. The van der Waals surface area contributed by atoms with Crippen molar-refractivity contribution in [3.63, 3.8) is 0 Å². The summed E-state index contributed by atoms with van der Waals surface area (Å²) in [5, 5.41) is 1.59. The number of carbonyl (C=O) groups is 1. The van der Waals surface area contributed by atoms with E-state index in [4.69, 9.17) is 21.1 Å². The molecule has 4 rings (SSSR count). The highest BCUT2D eigenvalue weighted by atomic mass is 35.5. The van der Waals surface area contributed by atoms with Crippen LogP contribution in [0, 0.1) is 0 Å². The van der Waals surface area contributed by atoms with Gasteiger partial charge in [-0.25, -0.2) is 9.78 Å². The summed E-state index contributed by atoms with van der Waals surface area (Å²) in [6.07, 6.45) is -0.117. The van der Waals surface area contributed by atoms with Crippen LogP contribution in [-0.2, 0) is 9.53 Å². The number of carbonyl (C=O) groups excluding carboxylic acids is 1. The van der Waals surface area contributed by atoms with Crippen molar-refractivity contribution in [3.05, 3.63) is 53.6 Å². The number of para-hydroxylation sites is 1. The number of hydrogen-bond acceptors (Lipinski definition) is 6. The smallest absolute Gasteiger partial charge is 0.344 e. The summed E-state index contributed by atoms with van der Waals surface area (Å²) >= 11 is 7.45. The number of aromatic nitrogens is 1. The van der Waals surface area contributed by atoms with Crippen LogP contribution in [0.5, 0.6) is 5.75 Å². The SMILES string of the molecule is O=C(COc1ccc(Cl)cc1)OC1CN(c2nc3ccccc3s2)C1. The molecule has 0 N–H and O–H groups in total. The molecule has 0 unspecified atom stereocenters. The summed E-state index contributed by atoms with van der Waals surface area (Å²) in [5.41, 5.74) is 0.999. The van der Waals surface area contributed by atoms with E-state index in [0.717, 1.165) is 15.3 Å². The third kappa shape index (κ3) is 3.70. The number of ether oxygens (including phenoxy) is 2. The highest BCUT2D eigenvalue weighted by molar-refractivity contribution is 7.22. The van der Waals surface area contributed by atoms with Gasteiger partial charge in [-0.05, 0) is 36.4 Å². The minimum atomic E-state index is -0.371. The Morgan fingerprint density at radius 2 is 1.96 bits per heavy atom. The topological polar surface area (TPSA) is 51.7 Å². The zero-order valence-electron chi connectivity index (χ0n) is 13.2. The van der Waals surface area contributed by atoms with Gasteiger partial charge in [-0.15, -0.1) is 0 Å². The lowest BCUT2D eigenvalue weighted by Gasteiger charge is -2.38. The van der Waals surface area contributed by atoms with Crippen molar-refractivity contribution in [1.29, 1.82) is 0 Å². The Balaban J connectivity index is 1.25. The molecule has 5 nitrogen and oxygen atoms in total. The van der Waals surface area contributed by atoms with Gasteiger partial charge < -0.3 is 14.4 Å². The van der Waals surface area contributed by atoms with E-state index in [2.05, 4.69) is 16.0 Å². The number of esters is 1. The Morgan fingerprint density at radius 3 is 2.72 bits per heavy atom. The molecule has 128 valence electrons. The predicted octanol–water partition coefficient (Wildman–Crippen LogP) is 3.76. The quantitative estimate of drug-likeness (QED) is 0.636. The van der Waals surface area contributed by atoms with Crippen molar-refractivity contribution < 1.29 is 14.3 Å². The fraction of sp³-hybridized carbons (Fsp3) is 0.222. The molecule has 0 radical (unpaired) electrons. The Kier molecular flexibility index (Phi) is 4.46. The molecule has 2 heterocycles. The van der Waals surface area contributed by atoms with Crippen molar-refractivity contribution in [2.24, 2.45) is 0 Å². The van der Waals surface area contributed by atoms with Gasteiger partial charge in [0.25, 0.3) is 0 Å². The molecule has 0 aliphatic carbocycles. The van der Waals surface area contributed by atoms with Gasteiger partial charge in [0.15, 0.2) is 11.7 Å². The summed E-state index contributed by atoms with van der Waals surface area (Å²) in [4.78, 5) is 18.6. The van der Waals surface area contributed by atoms with Crippen LogP contribution in [0.25, 0.3) is 10.2 Å². The lowest BCUT2D eigenvalue weighted by Crippen LogP contribution is -2.53. The van der Waals surface area contributed by atoms with E-state index in [1.165, 1.54) is 0 Å². The number of benzene rings is 2. The van der Waals surface area contributed by atoms with Gasteiger partial charge in [-0.1, -0.05) is 35.1 Å². The maximum absolute atomic E-state index is 11.9. The summed E-state index contributed by atoms with van der Waals surface area (Å²) in [6.45, 7) is 1.21. The van der Waals surface area contributed by atoms with Crippen LogP contribution in [0.1, 0.15) is 0 Å². The van der Waals surface area contributed by atoms with E-state index in [1.54, 1.807) is 35.6 Å². The third-order valence-corrected chi connectivity index (χ3v) is 5.22. The molecule has 0 atom stereocenters. The molecule has 1 saturated heterocycles. The number of anilines is 1. The van der Waals surface area contributed by atoms with Crippen LogP contribution in [0.3, 0.4) is 0 Å². The normalized spacial score (nSPS) is 14.4. The zero-order valence-corrected chi connectivity index (χ0v) is 14.8. The van der Waals surface area contributed by atoms with E-state index in [1.807, 2.05) is 18.2 Å². The maximum atomic E-state index is 11.9. The number of nitrogens with zero attached hydrogens (tertiary/aromatic N) is 2. The van der Waals surface area contributed by atoms with Gasteiger partial charge in [0, 0.05) is 5.02 Å². The summed E-state index contributed by atoms with van der Waals surface area (Å²) < 4.78 is 12.0. The molecule has 3 aromatic rings. The summed E-state index contributed by atoms with van der Waals surface area (Å²) in [7, 11) is 0. The van der Waals surface area contributed by atoms with E-state index >= 15 is 0 Å². The zero-order chi connectivity index (χ0) is 17.2. The van der Waals surface area contributed by atoms with E-state index in [0.29, 0.717) is 23.9 Å². The minimum Gasteiger partial charge on any atom is -0.482 e. The Morgan fingerprint density at radius 1 is 1.20 bits per heavy atom. The van der Waals surface area contributed by atoms with Crippen LogP contribution >= 0.6 is 22.9 Å². The molecule has 2 aromatic carbocycles. The van der Waals surface area contributed by atoms with Gasteiger partial charge in [0.05, 0.1) is 23.3 Å². The highest BCUT2D eigenvalue weighted by Crippen LogP contribution is 2.31. The molecular formula is C18H15ClN2O3S. The van der Waals surface area contributed by atoms with Gasteiger partial charge in [0.2, 0.25) is 0 Å². The van der Waals surface area contributed by atoms with Crippen LogP contribution in [-0.4, -0.2) is 36.8 Å². The second-order valence-electron chi connectivity index (χ2n) is 5.72. The third-order valence-electron chi connectivity index (χ3n) is 3.87. The number of hydrogen-bond donors (Lipinski definition) is 0. The van der Waals surface area contributed by atoms with Crippen molar-refractivity contribution in [1.82, 2.24) is 4.98 Å². The number of thiazole rings is 1. The van der Waals surface area contributed by atoms with Crippen LogP contribution in [0.4, 0.5) is 5.13 Å². The molecule has 1 aliphatic heterocycles. The summed E-state index contributed by atoms with van der Waals surface area (Å²) in [6, 6.07) is 14.9. The first kappa shape index (κ1) is 16.2. The number of halogens is 1. The van der Waals surface area contributed by atoms with Crippen molar-refractivity contribution >= 4 is 44.3 Å². The average Bonchev–Trinajstić information content (AvgIpc) is 3.00. The van der Waals surface area contributed by atoms with Crippen molar-refractivity contribution in [2.75, 3.05) is 24.6 Å². The minimum absolute atomic E-state index is 0.112. The van der Waals surface area contributed by atoms with Crippen molar-refractivity contribution in [2.45, 2.75) is 6.10 Å². The first-order valence-corrected chi connectivity index (χ1v) is 9.05.